The van der Waals surface area contributed by atoms with Crippen molar-refractivity contribution in [1.82, 2.24) is 19.7 Å². The molecule has 1 rings (SSSR count). The number of hydrogen-bond acceptors (Lipinski definition) is 4. The van der Waals surface area contributed by atoms with Crippen LogP contribution < -0.4 is 0 Å². The van der Waals surface area contributed by atoms with Gasteiger partial charge in [-0.1, -0.05) is 6.92 Å². The highest BCUT2D eigenvalue weighted by atomic mass is 16.4. The van der Waals surface area contributed by atoms with Crippen molar-refractivity contribution < 1.29 is 9.90 Å². The Bertz CT molecular complexity index is 337. The van der Waals surface area contributed by atoms with Gasteiger partial charge >= 0.3 is 5.97 Å². The lowest BCUT2D eigenvalue weighted by Crippen LogP contribution is -2.29. The van der Waals surface area contributed by atoms with Gasteiger partial charge in [0.05, 0.1) is 12.5 Å². The smallest absolute Gasteiger partial charge is 0.307 e. The van der Waals surface area contributed by atoms with E-state index < -0.39 is 5.97 Å². The fraction of sp³-hybridized carbons (Fsp3) is 0.667. The third kappa shape index (κ3) is 3.32. The highest BCUT2D eigenvalue weighted by Crippen LogP contribution is 2.02. The van der Waals surface area contributed by atoms with Crippen LogP contribution in [0, 0.1) is 5.92 Å². The Balaban J connectivity index is 2.46. The summed E-state index contributed by atoms with van der Waals surface area (Å²) in [6.07, 6.45) is 1.49. The van der Waals surface area contributed by atoms with Gasteiger partial charge in [-0.05, 0) is 7.05 Å². The molecule has 0 spiro atoms. The predicted octanol–water partition coefficient (Wildman–Crippen LogP) is -0.0324. The molecule has 1 unspecified atom stereocenters. The average molecular weight is 212 g/mol. The van der Waals surface area contributed by atoms with E-state index >= 15 is 0 Å². The van der Waals surface area contributed by atoms with Crippen LogP contribution in [-0.4, -0.2) is 44.3 Å². The van der Waals surface area contributed by atoms with Crippen LogP contribution >= 0.6 is 0 Å². The van der Waals surface area contributed by atoms with Crippen LogP contribution in [0.1, 0.15) is 12.7 Å². The molecule has 1 atom stereocenters. The van der Waals surface area contributed by atoms with Crippen molar-refractivity contribution in [3.63, 3.8) is 0 Å². The van der Waals surface area contributed by atoms with Crippen LogP contribution in [0.2, 0.25) is 0 Å². The van der Waals surface area contributed by atoms with E-state index in [4.69, 9.17) is 5.11 Å². The Hall–Kier alpha value is -1.43. The van der Waals surface area contributed by atoms with Gasteiger partial charge in [0.2, 0.25) is 0 Å². The van der Waals surface area contributed by atoms with Gasteiger partial charge in [-0.3, -0.25) is 14.4 Å². The Morgan fingerprint density at radius 3 is 2.87 bits per heavy atom. The second-order valence-corrected chi connectivity index (χ2v) is 3.74. The number of nitrogens with zero attached hydrogens (tertiary/aromatic N) is 4. The summed E-state index contributed by atoms with van der Waals surface area (Å²) < 4.78 is 1.68. The Kier molecular flexibility index (Phi) is 3.79. The second-order valence-electron chi connectivity index (χ2n) is 3.74. The van der Waals surface area contributed by atoms with Crippen molar-refractivity contribution in [2.45, 2.75) is 13.5 Å². The number of hydrogen-bond donors (Lipinski definition) is 1. The summed E-state index contributed by atoms with van der Waals surface area (Å²) in [4.78, 5) is 16.6. The number of rotatable bonds is 5. The van der Waals surface area contributed by atoms with Crippen molar-refractivity contribution in [3.8, 4) is 0 Å². The van der Waals surface area contributed by atoms with Crippen LogP contribution in [0.4, 0.5) is 0 Å². The lowest BCUT2D eigenvalue weighted by atomic mass is 10.2. The van der Waals surface area contributed by atoms with Crippen molar-refractivity contribution >= 4 is 5.97 Å². The molecule has 0 amide bonds. The molecule has 0 aliphatic heterocycles. The van der Waals surface area contributed by atoms with Gasteiger partial charge < -0.3 is 5.11 Å². The van der Waals surface area contributed by atoms with Crippen molar-refractivity contribution in [2.75, 3.05) is 13.6 Å². The molecule has 15 heavy (non-hydrogen) atoms. The maximum atomic E-state index is 10.6. The van der Waals surface area contributed by atoms with Crippen LogP contribution in [-0.2, 0) is 18.4 Å². The standard InChI is InChI=1S/C9H16N4O2/c1-7(9(14)15)4-12(2)5-8-10-6-11-13(8)3/h6-7H,4-5H2,1-3H3,(H,14,15). The molecule has 0 aromatic carbocycles. The van der Waals surface area contributed by atoms with Gasteiger partial charge in [0, 0.05) is 13.6 Å². The fourth-order valence-electron chi connectivity index (χ4n) is 1.31. The largest absolute Gasteiger partial charge is 0.481 e. The first-order chi connectivity index (χ1) is 7.00. The van der Waals surface area contributed by atoms with E-state index in [-0.39, 0.29) is 5.92 Å². The summed E-state index contributed by atoms with van der Waals surface area (Å²) in [5.41, 5.74) is 0. The molecule has 1 N–H and O–H groups in total. The molecule has 1 aromatic heterocycles. The van der Waals surface area contributed by atoms with Crippen molar-refractivity contribution in [1.29, 1.82) is 0 Å². The minimum absolute atomic E-state index is 0.372. The molecule has 1 aromatic rings. The van der Waals surface area contributed by atoms with Gasteiger partial charge in [-0.25, -0.2) is 4.98 Å². The maximum absolute atomic E-state index is 10.6. The van der Waals surface area contributed by atoms with E-state index in [1.165, 1.54) is 6.33 Å². The quantitative estimate of drug-likeness (QED) is 0.742. The predicted molar refractivity (Wildman–Crippen MR) is 54.1 cm³/mol. The number of carbonyl (C=O) groups is 1. The molecule has 0 bridgehead atoms. The minimum atomic E-state index is -0.778. The maximum Gasteiger partial charge on any atom is 0.307 e. The van der Waals surface area contributed by atoms with Crippen LogP contribution in [0.25, 0.3) is 0 Å². The van der Waals surface area contributed by atoms with Crippen molar-refractivity contribution in [3.05, 3.63) is 12.2 Å². The molecule has 0 saturated carbocycles. The topological polar surface area (TPSA) is 71.2 Å². The van der Waals surface area contributed by atoms with Gasteiger partial charge in [-0.2, -0.15) is 5.10 Å². The Labute approximate surface area is 88.5 Å². The summed E-state index contributed by atoms with van der Waals surface area (Å²) in [6.45, 7) is 2.80. The number of carboxylic acid groups (broad SMARTS) is 1. The molecule has 1 heterocycles. The van der Waals surface area contributed by atoms with E-state index in [0.29, 0.717) is 13.1 Å². The number of aromatic nitrogens is 3. The SMILES string of the molecule is CC(CN(C)Cc1ncnn1C)C(=O)O. The lowest BCUT2D eigenvalue weighted by molar-refractivity contribution is -0.141. The molecular weight excluding hydrogens is 196 g/mol. The summed E-state index contributed by atoms with van der Waals surface area (Å²) in [7, 11) is 3.69. The highest BCUT2D eigenvalue weighted by molar-refractivity contribution is 5.69. The molecule has 84 valence electrons. The first-order valence-corrected chi connectivity index (χ1v) is 4.75. The average Bonchev–Trinajstić information content (AvgIpc) is 2.51. The highest BCUT2D eigenvalue weighted by Gasteiger charge is 2.14. The molecule has 0 radical (unpaired) electrons. The van der Waals surface area contributed by atoms with E-state index in [2.05, 4.69) is 10.1 Å². The molecule has 6 nitrogen and oxygen atoms in total. The summed E-state index contributed by atoms with van der Waals surface area (Å²) >= 11 is 0. The van der Waals surface area contributed by atoms with E-state index in [1.54, 1.807) is 11.6 Å². The molecule has 0 saturated heterocycles. The van der Waals surface area contributed by atoms with Crippen molar-refractivity contribution in [2.24, 2.45) is 13.0 Å². The van der Waals surface area contributed by atoms with Crippen LogP contribution in [0.15, 0.2) is 6.33 Å². The Morgan fingerprint density at radius 1 is 1.73 bits per heavy atom. The first-order valence-electron chi connectivity index (χ1n) is 4.75. The summed E-state index contributed by atoms with van der Waals surface area (Å²) in [5.74, 6) is -0.321. The molecule has 0 aliphatic rings. The third-order valence-electron chi connectivity index (χ3n) is 2.22. The van der Waals surface area contributed by atoms with E-state index in [1.807, 2.05) is 19.0 Å². The monoisotopic (exact) mass is 212 g/mol. The molecular formula is C9H16N4O2. The Morgan fingerprint density at radius 2 is 2.40 bits per heavy atom. The zero-order valence-electron chi connectivity index (χ0n) is 9.21. The number of aliphatic carboxylic acids is 1. The van der Waals surface area contributed by atoms with Gasteiger partial charge in [0.25, 0.3) is 0 Å². The number of aryl methyl sites for hydroxylation is 1. The number of carboxylic acids is 1. The van der Waals surface area contributed by atoms with Gasteiger partial charge in [-0.15, -0.1) is 0 Å². The second kappa shape index (κ2) is 4.88. The minimum Gasteiger partial charge on any atom is -0.481 e. The lowest BCUT2D eigenvalue weighted by Gasteiger charge is -2.18. The summed E-state index contributed by atoms with van der Waals surface area (Å²) in [5, 5.41) is 12.7. The van der Waals surface area contributed by atoms with E-state index in [0.717, 1.165) is 5.82 Å². The van der Waals surface area contributed by atoms with Gasteiger partial charge in [0.1, 0.15) is 12.2 Å². The van der Waals surface area contributed by atoms with Crippen LogP contribution in [0.5, 0.6) is 0 Å². The third-order valence-corrected chi connectivity index (χ3v) is 2.22. The normalized spacial score (nSPS) is 13.1. The zero-order chi connectivity index (χ0) is 11.4. The molecule has 0 fully saturated rings. The fourth-order valence-corrected chi connectivity index (χ4v) is 1.31. The first kappa shape index (κ1) is 11.6. The summed E-state index contributed by atoms with van der Waals surface area (Å²) in [6, 6.07) is 0. The molecule has 6 heteroatoms. The molecule has 0 aliphatic carbocycles. The van der Waals surface area contributed by atoms with Gasteiger partial charge in [0.15, 0.2) is 0 Å². The van der Waals surface area contributed by atoms with Crippen LogP contribution in [0.3, 0.4) is 0 Å². The zero-order valence-corrected chi connectivity index (χ0v) is 9.21. The van der Waals surface area contributed by atoms with E-state index in [9.17, 15) is 4.79 Å².